The maximum atomic E-state index is 11.7. The van der Waals surface area contributed by atoms with Gasteiger partial charge in [-0.2, -0.15) is 0 Å². The van der Waals surface area contributed by atoms with Crippen LogP contribution in [0.5, 0.6) is 0 Å². The molecule has 3 rings (SSSR count). The highest BCUT2D eigenvalue weighted by Crippen LogP contribution is 2.31. The van der Waals surface area contributed by atoms with E-state index in [4.69, 9.17) is 4.98 Å². The number of fused-ring (bicyclic) bond motifs is 2. The first kappa shape index (κ1) is 12.6. The van der Waals surface area contributed by atoms with Crippen LogP contribution in [-0.4, -0.2) is 16.1 Å². The predicted octanol–water partition coefficient (Wildman–Crippen LogP) is 3.96. The van der Waals surface area contributed by atoms with Crippen LogP contribution < -0.4 is 0 Å². The Hall–Kier alpha value is -1.42. The summed E-state index contributed by atoms with van der Waals surface area (Å²) in [6.07, 6.45) is 5.00. The second-order valence-corrected chi connectivity index (χ2v) is 5.77. The molecule has 0 amide bonds. The Morgan fingerprint density at radius 3 is 2.79 bits per heavy atom. The van der Waals surface area contributed by atoms with Gasteiger partial charge in [-0.05, 0) is 53.2 Å². The third kappa shape index (κ3) is 2.14. The average Bonchev–Trinajstić information content (AvgIpc) is 2.61. The van der Waals surface area contributed by atoms with E-state index in [0.29, 0.717) is 5.56 Å². The number of benzene rings is 1. The molecule has 19 heavy (non-hydrogen) atoms. The van der Waals surface area contributed by atoms with Gasteiger partial charge < -0.3 is 5.11 Å². The van der Waals surface area contributed by atoms with Gasteiger partial charge in [0.05, 0.1) is 11.1 Å². The SMILES string of the molecule is O=C(O)c1c2c(nc3c(Br)cccc13)CCCCC2. The van der Waals surface area contributed by atoms with Crippen LogP contribution in [0.25, 0.3) is 10.9 Å². The highest BCUT2D eigenvalue weighted by molar-refractivity contribution is 9.10. The normalized spacial score (nSPS) is 15.0. The van der Waals surface area contributed by atoms with Gasteiger partial charge in [0.2, 0.25) is 0 Å². The summed E-state index contributed by atoms with van der Waals surface area (Å²) in [6.45, 7) is 0. The highest BCUT2D eigenvalue weighted by Gasteiger charge is 2.21. The van der Waals surface area contributed by atoms with E-state index in [1.807, 2.05) is 18.2 Å². The molecule has 0 bridgehead atoms. The molecule has 1 aromatic heterocycles. The first-order valence-electron chi connectivity index (χ1n) is 6.52. The highest BCUT2D eigenvalue weighted by atomic mass is 79.9. The lowest BCUT2D eigenvalue weighted by atomic mass is 9.97. The Bertz CT molecular complexity index is 667. The van der Waals surface area contributed by atoms with Crippen LogP contribution in [0.15, 0.2) is 22.7 Å². The molecule has 0 unspecified atom stereocenters. The summed E-state index contributed by atoms with van der Waals surface area (Å²) >= 11 is 3.47. The molecular weight excluding hydrogens is 306 g/mol. The van der Waals surface area contributed by atoms with Gasteiger partial charge in [-0.1, -0.05) is 18.6 Å². The Kier molecular flexibility index (Phi) is 3.27. The molecule has 1 aliphatic rings. The zero-order valence-electron chi connectivity index (χ0n) is 10.4. The number of rotatable bonds is 1. The maximum Gasteiger partial charge on any atom is 0.336 e. The van der Waals surface area contributed by atoms with Crippen molar-refractivity contribution in [3.05, 3.63) is 39.5 Å². The van der Waals surface area contributed by atoms with Crippen LogP contribution in [0.2, 0.25) is 0 Å². The Balaban J connectivity index is 2.40. The van der Waals surface area contributed by atoms with Crippen LogP contribution >= 0.6 is 15.9 Å². The molecule has 98 valence electrons. The number of carboxylic acid groups (broad SMARTS) is 1. The largest absolute Gasteiger partial charge is 0.478 e. The number of para-hydroxylation sites is 1. The summed E-state index contributed by atoms with van der Waals surface area (Å²) < 4.78 is 0.861. The van der Waals surface area contributed by atoms with E-state index in [-0.39, 0.29) is 0 Å². The first-order chi connectivity index (χ1) is 9.18. The minimum absolute atomic E-state index is 0.447. The molecule has 2 aromatic rings. The fraction of sp³-hybridized carbons (Fsp3) is 0.333. The molecule has 0 fully saturated rings. The van der Waals surface area contributed by atoms with Gasteiger partial charge in [0.15, 0.2) is 0 Å². The van der Waals surface area contributed by atoms with Gasteiger partial charge in [-0.15, -0.1) is 0 Å². The summed E-state index contributed by atoms with van der Waals surface area (Å²) in [5.41, 5.74) is 3.12. The van der Waals surface area contributed by atoms with Gasteiger partial charge in [0.1, 0.15) is 0 Å². The molecule has 1 aromatic carbocycles. The maximum absolute atomic E-state index is 11.7. The van der Waals surface area contributed by atoms with E-state index >= 15 is 0 Å². The van der Waals surface area contributed by atoms with Crippen molar-refractivity contribution in [1.29, 1.82) is 0 Å². The fourth-order valence-corrected chi connectivity index (χ4v) is 3.29. The molecule has 0 atom stereocenters. The van der Waals surface area contributed by atoms with Crippen LogP contribution in [0.4, 0.5) is 0 Å². The van der Waals surface area contributed by atoms with Crippen molar-refractivity contribution in [3.8, 4) is 0 Å². The van der Waals surface area contributed by atoms with Crippen LogP contribution in [0, 0.1) is 0 Å². The number of carboxylic acids is 1. The summed E-state index contributed by atoms with van der Waals surface area (Å²) in [4.78, 5) is 16.4. The van der Waals surface area contributed by atoms with Gasteiger partial charge in [0.25, 0.3) is 0 Å². The number of nitrogens with zero attached hydrogens (tertiary/aromatic N) is 1. The molecule has 0 aliphatic heterocycles. The summed E-state index contributed by atoms with van der Waals surface area (Å²) in [5.74, 6) is -0.844. The quantitative estimate of drug-likeness (QED) is 0.809. The minimum Gasteiger partial charge on any atom is -0.478 e. The summed E-state index contributed by atoms with van der Waals surface area (Å²) in [6, 6.07) is 5.62. The molecule has 0 saturated heterocycles. The fourth-order valence-electron chi connectivity index (χ4n) is 2.83. The lowest BCUT2D eigenvalue weighted by molar-refractivity contribution is 0.0697. The molecule has 3 nitrogen and oxygen atoms in total. The number of halogens is 1. The van der Waals surface area contributed by atoms with Crippen molar-refractivity contribution >= 4 is 32.8 Å². The number of aromatic nitrogens is 1. The van der Waals surface area contributed by atoms with Crippen LogP contribution in [0.3, 0.4) is 0 Å². The topological polar surface area (TPSA) is 50.2 Å². The van der Waals surface area contributed by atoms with Crippen molar-refractivity contribution < 1.29 is 9.90 Å². The monoisotopic (exact) mass is 319 g/mol. The van der Waals surface area contributed by atoms with Gasteiger partial charge in [-0.25, -0.2) is 4.79 Å². The van der Waals surface area contributed by atoms with E-state index in [1.54, 1.807) is 0 Å². The van der Waals surface area contributed by atoms with Crippen LogP contribution in [-0.2, 0) is 12.8 Å². The number of aryl methyl sites for hydroxylation is 1. The zero-order valence-corrected chi connectivity index (χ0v) is 12.0. The summed E-state index contributed by atoms with van der Waals surface area (Å²) in [5, 5.41) is 10.3. The number of hydrogen-bond donors (Lipinski definition) is 1. The van der Waals surface area contributed by atoms with Crippen molar-refractivity contribution in [1.82, 2.24) is 4.98 Å². The Labute approximate surface area is 119 Å². The first-order valence-corrected chi connectivity index (χ1v) is 7.31. The van der Waals surface area contributed by atoms with Gasteiger partial charge >= 0.3 is 5.97 Å². The lowest BCUT2D eigenvalue weighted by Crippen LogP contribution is -2.08. The average molecular weight is 320 g/mol. The minimum atomic E-state index is -0.844. The molecule has 0 saturated carbocycles. The molecular formula is C15H14BrNO2. The summed E-state index contributed by atoms with van der Waals surface area (Å²) in [7, 11) is 0. The lowest BCUT2D eigenvalue weighted by Gasteiger charge is -2.13. The van der Waals surface area contributed by atoms with Gasteiger partial charge in [-0.3, -0.25) is 4.98 Å². The van der Waals surface area contributed by atoms with Gasteiger partial charge in [0, 0.05) is 15.6 Å². The predicted molar refractivity (Wildman–Crippen MR) is 77.7 cm³/mol. The third-order valence-electron chi connectivity index (χ3n) is 3.71. The molecule has 1 N–H and O–H groups in total. The van der Waals surface area contributed by atoms with Crippen molar-refractivity contribution in [2.45, 2.75) is 32.1 Å². The molecule has 1 heterocycles. The smallest absolute Gasteiger partial charge is 0.336 e. The van der Waals surface area contributed by atoms with Crippen molar-refractivity contribution in [3.63, 3.8) is 0 Å². The second-order valence-electron chi connectivity index (χ2n) is 4.91. The molecule has 0 spiro atoms. The Morgan fingerprint density at radius 2 is 2.00 bits per heavy atom. The number of hydrogen-bond acceptors (Lipinski definition) is 2. The van der Waals surface area contributed by atoms with E-state index in [2.05, 4.69) is 15.9 Å². The van der Waals surface area contributed by atoms with Crippen molar-refractivity contribution in [2.75, 3.05) is 0 Å². The van der Waals surface area contributed by atoms with Crippen LogP contribution in [0.1, 0.15) is 40.9 Å². The number of carbonyl (C=O) groups is 1. The Morgan fingerprint density at radius 1 is 1.21 bits per heavy atom. The third-order valence-corrected chi connectivity index (χ3v) is 4.35. The number of aromatic carboxylic acids is 1. The zero-order chi connectivity index (χ0) is 13.4. The van der Waals surface area contributed by atoms with E-state index in [1.165, 1.54) is 0 Å². The standard InChI is InChI=1S/C15H14BrNO2/c16-11-7-4-6-10-13(15(18)19)9-5-2-1-3-8-12(9)17-14(10)11/h4,6-7H,1-3,5,8H2,(H,18,19). The second kappa shape index (κ2) is 4.93. The van der Waals surface area contributed by atoms with E-state index in [9.17, 15) is 9.90 Å². The molecule has 0 radical (unpaired) electrons. The van der Waals surface area contributed by atoms with E-state index < -0.39 is 5.97 Å². The molecule has 4 heteroatoms. The molecule has 1 aliphatic carbocycles. The number of pyridine rings is 1. The van der Waals surface area contributed by atoms with E-state index in [0.717, 1.165) is 58.7 Å². The van der Waals surface area contributed by atoms with Crippen molar-refractivity contribution in [2.24, 2.45) is 0 Å².